The van der Waals surface area contributed by atoms with Gasteiger partial charge >= 0.3 is 0 Å². The smallest absolute Gasteiger partial charge is 0.233 e. The maximum absolute atomic E-state index is 11.9. The minimum Gasteiger partial charge on any atom is -0.383 e. The Balaban J connectivity index is 0.00000361. The van der Waals surface area contributed by atoms with Crippen LogP contribution in [-0.4, -0.2) is 44.5 Å². The molecule has 0 spiro atoms. The zero-order valence-electron chi connectivity index (χ0n) is 11.9. The number of rotatable bonds is 9. The van der Waals surface area contributed by atoms with Crippen LogP contribution >= 0.6 is 24.2 Å². The van der Waals surface area contributed by atoms with Gasteiger partial charge in [0, 0.05) is 31.6 Å². The number of carbonyl (C=O) groups is 1. The van der Waals surface area contributed by atoms with E-state index in [-0.39, 0.29) is 23.6 Å². The van der Waals surface area contributed by atoms with E-state index in [1.54, 1.807) is 18.9 Å². The first-order valence-electron chi connectivity index (χ1n) is 6.43. The molecule has 114 valence electrons. The highest BCUT2D eigenvalue weighted by molar-refractivity contribution is 8.00. The molecule has 0 aliphatic rings. The first kappa shape index (κ1) is 19.2. The van der Waals surface area contributed by atoms with Crippen LogP contribution in [0.4, 0.5) is 0 Å². The lowest BCUT2D eigenvalue weighted by Gasteiger charge is -2.12. The number of ether oxygens (including phenoxy) is 1. The fraction of sp³-hybridized carbons (Fsp3) is 0.500. The minimum absolute atomic E-state index is 0. The molecule has 6 heteroatoms. The highest BCUT2D eigenvalue weighted by Crippen LogP contribution is 2.22. The molecule has 20 heavy (non-hydrogen) atoms. The predicted molar refractivity (Wildman–Crippen MR) is 86.8 cm³/mol. The van der Waals surface area contributed by atoms with E-state index >= 15 is 0 Å². The second-order valence-corrected chi connectivity index (χ2v) is 5.52. The standard InChI is InChI=1S/C14H22N2O2S.ClH/c1-12(19-13-6-4-3-5-7-13)14(17)16-9-8-15-10-11-18-2;/h3-7,12,15H,8-11H2,1-2H3,(H,16,17);1H. The maximum Gasteiger partial charge on any atom is 0.233 e. The molecule has 0 heterocycles. The summed E-state index contributed by atoms with van der Waals surface area (Å²) in [6.45, 7) is 4.82. The Morgan fingerprint density at radius 2 is 1.95 bits per heavy atom. The molecule has 0 saturated heterocycles. The van der Waals surface area contributed by atoms with Crippen LogP contribution in [0, 0.1) is 0 Å². The van der Waals surface area contributed by atoms with Crippen LogP contribution in [0.2, 0.25) is 0 Å². The highest BCUT2D eigenvalue weighted by Gasteiger charge is 2.13. The first-order chi connectivity index (χ1) is 9.24. The van der Waals surface area contributed by atoms with Gasteiger partial charge in [0.1, 0.15) is 0 Å². The minimum atomic E-state index is -0.0821. The van der Waals surface area contributed by atoms with E-state index in [1.807, 2.05) is 37.3 Å². The number of methoxy groups -OCH3 is 1. The van der Waals surface area contributed by atoms with Gasteiger partial charge in [0.2, 0.25) is 5.91 Å². The monoisotopic (exact) mass is 318 g/mol. The molecule has 0 aliphatic carbocycles. The third-order valence-electron chi connectivity index (χ3n) is 2.51. The summed E-state index contributed by atoms with van der Waals surface area (Å²) >= 11 is 1.57. The molecule has 4 nitrogen and oxygen atoms in total. The second kappa shape index (κ2) is 12.0. The molecule has 0 fully saturated rings. The van der Waals surface area contributed by atoms with Gasteiger partial charge in [0.15, 0.2) is 0 Å². The van der Waals surface area contributed by atoms with Crippen LogP contribution in [0.5, 0.6) is 0 Å². The van der Waals surface area contributed by atoms with E-state index in [9.17, 15) is 4.79 Å². The maximum atomic E-state index is 11.9. The van der Waals surface area contributed by atoms with Gasteiger partial charge < -0.3 is 15.4 Å². The Kier molecular flexibility index (Phi) is 11.6. The van der Waals surface area contributed by atoms with Gasteiger partial charge in [-0.25, -0.2) is 0 Å². The molecule has 1 rings (SSSR count). The number of hydrogen-bond acceptors (Lipinski definition) is 4. The van der Waals surface area contributed by atoms with Gasteiger partial charge in [-0.1, -0.05) is 18.2 Å². The van der Waals surface area contributed by atoms with Crippen molar-refractivity contribution in [2.45, 2.75) is 17.1 Å². The van der Waals surface area contributed by atoms with E-state index in [2.05, 4.69) is 10.6 Å². The average molecular weight is 319 g/mol. The fourth-order valence-corrected chi connectivity index (χ4v) is 2.39. The predicted octanol–water partition coefficient (Wildman–Crippen LogP) is 1.94. The topological polar surface area (TPSA) is 50.4 Å². The number of amides is 1. The lowest BCUT2D eigenvalue weighted by atomic mass is 10.4. The first-order valence-corrected chi connectivity index (χ1v) is 7.31. The summed E-state index contributed by atoms with van der Waals surface area (Å²) in [5.41, 5.74) is 0. The van der Waals surface area contributed by atoms with Crippen LogP contribution in [0.15, 0.2) is 35.2 Å². The summed E-state index contributed by atoms with van der Waals surface area (Å²) in [6.07, 6.45) is 0. The summed E-state index contributed by atoms with van der Waals surface area (Å²) in [4.78, 5) is 13.0. The van der Waals surface area contributed by atoms with Crippen LogP contribution in [0.25, 0.3) is 0 Å². The van der Waals surface area contributed by atoms with E-state index in [0.717, 1.165) is 18.0 Å². The second-order valence-electron chi connectivity index (χ2n) is 4.11. The zero-order valence-corrected chi connectivity index (χ0v) is 13.6. The Hall–Kier alpha value is -0.750. The molecule has 1 amide bonds. The highest BCUT2D eigenvalue weighted by atomic mass is 35.5. The molecule has 0 bridgehead atoms. The molecule has 0 aromatic heterocycles. The van der Waals surface area contributed by atoms with Crippen molar-refractivity contribution in [2.75, 3.05) is 33.4 Å². The van der Waals surface area contributed by atoms with Crippen molar-refractivity contribution in [1.82, 2.24) is 10.6 Å². The molecule has 1 aromatic rings. The summed E-state index contributed by atoms with van der Waals surface area (Å²) in [5.74, 6) is 0.0717. The number of carbonyl (C=O) groups excluding carboxylic acids is 1. The van der Waals surface area contributed by atoms with E-state index in [4.69, 9.17) is 4.74 Å². The number of nitrogens with one attached hydrogen (secondary N) is 2. The molecule has 1 unspecified atom stereocenters. The quantitative estimate of drug-likeness (QED) is 0.540. The van der Waals surface area contributed by atoms with Crippen molar-refractivity contribution >= 4 is 30.1 Å². The van der Waals surface area contributed by atoms with E-state index in [0.29, 0.717) is 13.2 Å². The third kappa shape index (κ3) is 8.43. The molecule has 2 N–H and O–H groups in total. The summed E-state index contributed by atoms with van der Waals surface area (Å²) in [5, 5.41) is 6.02. The van der Waals surface area contributed by atoms with Crippen molar-refractivity contribution in [3.8, 4) is 0 Å². The Labute approximate surface area is 131 Å². The van der Waals surface area contributed by atoms with Gasteiger partial charge in [-0.15, -0.1) is 24.2 Å². The zero-order chi connectivity index (χ0) is 13.9. The third-order valence-corrected chi connectivity index (χ3v) is 3.62. The van der Waals surface area contributed by atoms with Gasteiger partial charge in [0.25, 0.3) is 0 Å². The molecule has 0 saturated carbocycles. The van der Waals surface area contributed by atoms with Crippen molar-refractivity contribution in [1.29, 1.82) is 0 Å². The number of hydrogen-bond donors (Lipinski definition) is 2. The SMILES string of the molecule is COCCNCCNC(=O)C(C)Sc1ccccc1.Cl. The molecule has 0 radical (unpaired) electrons. The van der Waals surface area contributed by atoms with Gasteiger partial charge in [0.05, 0.1) is 11.9 Å². The largest absolute Gasteiger partial charge is 0.383 e. The van der Waals surface area contributed by atoms with Crippen molar-refractivity contribution in [2.24, 2.45) is 0 Å². The Morgan fingerprint density at radius 3 is 2.60 bits per heavy atom. The average Bonchev–Trinajstić information content (AvgIpc) is 2.43. The summed E-state index contributed by atoms with van der Waals surface area (Å²) in [7, 11) is 1.67. The van der Waals surface area contributed by atoms with Crippen molar-refractivity contribution in [3.05, 3.63) is 30.3 Å². The molecule has 0 aliphatic heterocycles. The normalized spacial score (nSPS) is 11.5. The van der Waals surface area contributed by atoms with Crippen LogP contribution < -0.4 is 10.6 Å². The van der Waals surface area contributed by atoms with Gasteiger partial charge in [-0.05, 0) is 19.1 Å². The van der Waals surface area contributed by atoms with E-state index < -0.39 is 0 Å². The van der Waals surface area contributed by atoms with Crippen LogP contribution in [-0.2, 0) is 9.53 Å². The lowest BCUT2D eigenvalue weighted by molar-refractivity contribution is -0.120. The number of benzene rings is 1. The summed E-state index contributed by atoms with van der Waals surface area (Å²) < 4.78 is 4.92. The van der Waals surface area contributed by atoms with Crippen LogP contribution in [0.3, 0.4) is 0 Å². The van der Waals surface area contributed by atoms with Crippen LogP contribution in [0.1, 0.15) is 6.92 Å². The number of halogens is 1. The van der Waals surface area contributed by atoms with Crippen molar-refractivity contribution in [3.63, 3.8) is 0 Å². The van der Waals surface area contributed by atoms with Crippen molar-refractivity contribution < 1.29 is 9.53 Å². The molecule has 1 aromatic carbocycles. The number of thioether (sulfide) groups is 1. The Morgan fingerprint density at radius 1 is 1.25 bits per heavy atom. The van der Waals surface area contributed by atoms with E-state index in [1.165, 1.54) is 0 Å². The lowest BCUT2D eigenvalue weighted by Crippen LogP contribution is -2.36. The molecule has 1 atom stereocenters. The molecular formula is C14H23ClN2O2S. The molecular weight excluding hydrogens is 296 g/mol. The van der Waals surface area contributed by atoms with Gasteiger partial charge in [-0.2, -0.15) is 0 Å². The Bertz CT molecular complexity index is 365. The fourth-order valence-electron chi connectivity index (χ4n) is 1.47. The van der Waals surface area contributed by atoms with Gasteiger partial charge in [-0.3, -0.25) is 4.79 Å². The summed E-state index contributed by atoms with van der Waals surface area (Å²) in [6, 6.07) is 9.96.